The first-order chi connectivity index (χ1) is 9.67. The van der Waals surface area contributed by atoms with Gasteiger partial charge in [-0.2, -0.15) is 0 Å². The monoisotopic (exact) mass is 292 g/mol. The topological polar surface area (TPSA) is 42.7 Å². The highest BCUT2D eigenvalue weighted by Crippen LogP contribution is 2.26. The summed E-state index contributed by atoms with van der Waals surface area (Å²) in [7, 11) is 0. The van der Waals surface area contributed by atoms with Gasteiger partial charge in [-0.3, -0.25) is 0 Å². The molecule has 0 bridgehead atoms. The molecular formula is C15H21ClN4. The minimum absolute atomic E-state index is 0.0691. The summed E-state index contributed by atoms with van der Waals surface area (Å²) >= 11 is 6.25. The molecule has 0 saturated carbocycles. The van der Waals surface area contributed by atoms with E-state index in [0.29, 0.717) is 0 Å². The molecule has 1 unspecified atom stereocenters. The van der Waals surface area contributed by atoms with Gasteiger partial charge in [0.25, 0.3) is 0 Å². The van der Waals surface area contributed by atoms with Gasteiger partial charge in [0.15, 0.2) is 0 Å². The fraction of sp³-hybridized carbons (Fsp3) is 0.467. The Balaban J connectivity index is 2.39. The number of hydrogen-bond donors (Lipinski definition) is 1. The third kappa shape index (κ3) is 3.19. The molecule has 1 N–H and O–H groups in total. The molecule has 5 heteroatoms. The van der Waals surface area contributed by atoms with E-state index in [-0.39, 0.29) is 6.04 Å². The quantitative estimate of drug-likeness (QED) is 0.888. The van der Waals surface area contributed by atoms with Crippen LogP contribution < -0.4 is 5.32 Å². The van der Waals surface area contributed by atoms with Crippen LogP contribution in [0.25, 0.3) is 0 Å². The first-order valence-electron chi connectivity index (χ1n) is 7.05. The zero-order chi connectivity index (χ0) is 14.5. The van der Waals surface area contributed by atoms with E-state index in [1.807, 2.05) is 23.9 Å². The third-order valence-corrected chi connectivity index (χ3v) is 3.72. The van der Waals surface area contributed by atoms with Crippen LogP contribution in [0.2, 0.25) is 5.02 Å². The van der Waals surface area contributed by atoms with Gasteiger partial charge in [0.05, 0.1) is 17.9 Å². The molecule has 108 valence electrons. The van der Waals surface area contributed by atoms with Crippen molar-refractivity contribution >= 4 is 11.6 Å². The lowest BCUT2D eigenvalue weighted by atomic mass is 10.0. The average Bonchev–Trinajstić information content (AvgIpc) is 2.88. The Hall–Kier alpha value is -1.39. The molecule has 0 saturated heterocycles. The number of nitrogens with zero attached hydrogens (tertiary/aromatic N) is 3. The van der Waals surface area contributed by atoms with Crippen LogP contribution in [0.15, 0.2) is 24.4 Å². The molecule has 1 aromatic carbocycles. The molecule has 0 fully saturated rings. The number of benzene rings is 1. The lowest BCUT2D eigenvalue weighted by Crippen LogP contribution is -2.25. The van der Waals surface area contributed by atoms with Crippen molar-refractivity contribution in [1.82, 2.24) is 20.3 Å². The lowest BCUT2D eigenvalue weighted by molar-refractivity contribution is 0.511. The second-order valence-corrected chi connectivity index (χ2v) is 5.29. The van der Waals surface area contributed by atoms with E-state index in [4.69, 9.17) is 11.6 Å². The summed E-state index contributed by atoms with van der Waals surface area (Å²) < 4.78 is 1.96. The van der Waals surface area contributed by atoms with Gasteiger partial charge in [0.2, 0.25) is 0 Å². The van der Waals surface area contributed by atoms with Crippen LogP contribution in [0.5, 0.6) is 0 Å². The molecule has 20 heavy (non-hydrogen) atoms. The van der Waals surface area contributed by atoms with Crippen molar-refractivity contribution in [2.75, 3.05) is 6.54 Å². The maximum atomic E-state index is 6.25. The van der Waals surface area contributed by atoms with Crippen LogP contribution in [0.3, 0.4) is 0 Å². The Bertz CT molecular complexity index is 565. The first kappa shape index (κ1) is 15.0. The van der Waals surface area contributed by atoms with Gasteiger partial charge in [-0.15, -0.1) is 5.10 Å². The van der Waals surface area contributed by atoms with Crippen molar-refractivity contribution in [2.45, 2.75) is 39.8 Å². The number of nitrogens with one attached hydrogen (secondary N) is 1. The minimum Gasteiger partial charge on any atom is -0.305 e. The highest BCUT2D eigenvalue weighted by Gasteiger charge is 2.18. The summed E-state index contributed by atoms with van der Waals surface area (Å²) in [4.78, 5) is 0. The molecule has 0 spiro atoms. The van der Waals surface area contributed by atoms with Gasteiger partial charge in [-0.25, -0.2) is 4.68 Å². The Labute approximate surface area is 125 Å². The summed E-state index contributed by atoms with van der Waals surface area (Å²) in [5.74, 6) is 0. The van der Waals surface area contributed by atoms with E-state index in [1.54, 1.807) is 0 Å². The van der Waals surface area contributed by atoms with Gasteiger partial charge in [-0.05, 0) is 37.1 Å². The number of halogens is 1. The Morgan fingerprint density at radius 1 is 1.35 bits per heavy atom. The van der Waals surface area contributed by atoms with Gasteiger partial charge in [-0.1, -0.05) is 42.8 Å². The van der Waals surface area contributed by atoms with Crippen LogP contribution in [-0.2, 0) is 6.54 Å². The molecule has 0 radical (unpaired) electrons. The van der Waals surface area contributed by atoms with Gasteiger partial charge in [0, 0.05) is 11.6 Å². The van der Waals surface area contributed by atoms with E-state index >= 15 is 0 Å². The molecular weight excluding hydrogens is 272 g/mol. The zero-order valence-electron chi connectivity index (χ0n) is 12.2. The molecule has 0 aliphatic rings. The summed E-state index contributed by atoms with van der Waals surface area (Å²) in [6.45, 7) is 7.98. The molecule has 0 aliphatic carbocycles. The van der Waals surface area contributed by atoms with Crippen molar-refractivity contribution in [2.24, 2.45) is 0 Å². The summed E-state index contributed by atoms with van der Waals surface area (Å²) in [6.07, 6.45) is 2.86. The number of rotatable bonds is 6. The molecule has 0 amide bonds. The van der Waals surface area contributed by atoms with Crippen LogP contribution in [0, 0.1) is 6.92 Å². The van der Waals surface area contributed by atoms with Crippen molar-refractivity contribution in [1.29, 1.82) is 0 Å². The largest absolute Gasteiger partial charge is 0.305 e. The molecule has 1 aromatic heterocycles. The third-order valence-electron chi connectivity index (χ3n) is 3.32. The number of aromatic nitrogens is 3. The lowest BCUT2D eigenvalue weighted by Gasteiger charge is -2.19. The summed E-state index contributed by atoms with van der Waals surface area (Å²) in [5.41, 5.74) is 3.31. The van der Waals surface area contributed by atoms with E-state index < -0.39 is 0 Å². The molecule has 0 aliphatic heterocycles. The molecule has 4 nitrogen and oxygen atoms in total. The normalized spacial score (nSPS) is 12.6. The second-order valence-electron chi connectivity index (χ2n) is 4.88. The van der Waals surface area contributed by atoms with Gasteiger partial charge < -0.3 is 5.32 Å². The maximum absolute atomic E-state index is 6.25. The Kier molecular flexibility index (Phi) is 5.15. The van der Waals surface area contributed by atoms with Crippen LogP contribution in [0.1, 0.15) is 43.1 Å². The number of hydrogen-bond acceptors (Lipinski definition) is 3. The van der Waals surface area contributed by atoms with Gasteiger partial charge >= 0.3 is 0 Å². The smallest absolute Gasteiger partial charge is 0.0802 e. The van der Waals surface area contributed by atoms with E-state index in [0.717, 1.165) is 41.4 Å². The van der Waals surface area contributed by atoms with Crippen molar-refractivity contribution in [3.63, 3.8) is 0 Å². The molecule has 1 atom stereocenters. The Morgan fingerprint density at radius 3 is 2.80 bits per heavy atom. The Morgan fingerprint density at radius 2 is 2.15 bits per heavy atom. The van der Waals surface area contributed by atoms with Crippen LogP contribution >= 0.6 is 11.6 Å². The van der Waals surface area contributed by atoms with E-state index in [1.165, 1.54) is 0 Å². The number of aryl methyl sites for hydroxylation is 2. The highest BCUT2D eigenvalue weighted by molar-refractivity contribution is 6.31. The predicted octanol–water partition coefficient (Wildman–Crippen LogP) is 3.35. The standard InChI is InChI=1S/C15H21ClN4/c1-4-8-20-14(10-18-19-20)15(17-5-2)12-7-6-11(3)13(16)9-12/h6-7,9-10,15,17H,4-5,8H2,1-3H3. The van der Waals surface area contributed by atoms with E-state index in [9.17, 15) is 0 Å². The van der Waals surface area contributed by atoms with Crippen LogP contribution in [0.4, 0.5) is 0 Å². The molecule has 1 heterocycles. The maximum Gasteiger partial charge on any atom is 0.0802 e. The molecule has 2 aromatic rings. The van der Waals surface area contributed by atoms with Crippen LogP contribution in [-0.4, -0.2) is 21.5 Å². The zero-order valence-corrected chi connectivity index (χ0v) is 13.0. The van der Waals surface area contributed by atoms with E-state index in [2.05, 4.69) is 41.6 Å². The fourth-order valence-corrected chi connectivity index (χ4v) is 2.45. The van der Waals surface area contributed by atoms with Crippen molar-refractivity contribution in [3.8, 4) is 0 Å². The minimum atomic E-state index is 0.0691. The SMILES string of the molecule is CCCn1nncc1C(NCC)c1ccc(C)c(Cl)c1. The average molecular weight is 293 g/mol. The second kappa shape index (κ2) is 6.86. The predicted molar refractivity (Wildman–Crippen MR) is 82.0 cm³/mol. The fourth-order valence-electron chi connectivity index (χ4n) is 2.26. The first-order valence-corrected chi connectivity index (χ1v) is 7.43. The summed E-state index contributed by atoms with van der Waals surface area (Å²) in [5, 5.41) is 12.5. The van der Waals surface area contributed by atoms with Crippen molar-refractivity contribution in [3.05, 3.63) is 46.2 Å². The van der Waals surface area contributed by atoms with Crippen molar-refractivity contribution < 1.29 is 0 Å². The molecule has 2 rings (SSSR count). The highest BCUT2D eigenvalue weighted by atomic mass is 35.5. The summed E-state index contributed by atoms with van der Waals surface area (Å²) in [6, 6.07) is 6.25. The van der Waals surface area contributed by atoms with Gasteiger partial charge in [0.1, 0.15) is 0 Å².